The number of nitrogen functional groups attached to an aromatic ring is 1. The van der Waals surface area contributed by atoms with E-state index in [0.29, 0.717) is 5.69 Å². The van der Waals surface area contributed by atoms with Gasteiger partial charge in [-0.2, -0.15) is 0 Å². The Balaban J connectivity index is 2.23. The van der Waals surface area contributed by atoms with E-state index in [0.717, 1.165) is 5.69 Å². The van der Waals surface area contributed by atoms with Gasteiger partial charge in [0.15, 0.2) is 0 Å². The Kier molecular flexibility index (Phi) is 3.00. The second kappa shape index (κ2) is 4.45. The van der Waals surface area contributed by atoms with Crippen LogP contribution in [0, 0.1) is 0 Å². The van der Waals surface area contributed by atoms with Crippen molar-refractivity contribution in [3.05, 3.63) is 54.4 Å². The molecule has 0 spiro atoms. The van der Waals surface area contributed by atoms with Crippen LogP contribution in [0.1, 0.15) is 19.4 Å². The molecule has 0 amide bonds. The van der Waals surface area contributed by atoms with Crippen molar-refractivity contribution in [3.63, 3.8) is 0 Å². The second-order valence-corrected chi connectivity index (χ2v) is 4.62. The molecule has 3 heteroatoms. The maximum absolute atomic E-state index is 5.71. The molecule has 3 N–H and O–H groups in total. The molecule has 1 aromatic carbocycles. The van der Waals surface area contributed by atoms with E-state index in [-0.39, 0.29) is 5.54 Å². The molecule has 3 nitrogen and oxygen atoms in total. The van der Waals surface area contributed by atoms with Crippen LogP contribution in [0.4, 0.5) is 11.4 Å². The van der Waals surface area contributed by atoms with Crippen LogP contribution in [0.25, 0.3) is 0 Å². The lowest BCUT2D eigenvalue weighted by Crippen LogP contribution is -2.27. The molecule has 0 unspecified atom stereocenters. The van der Waals surface area contributed by atoms with Crippen LogP contribution in [0.2, 0.25) is 0 Å². The minimum atomic E-state index is -0.156. The zero-order valence-electron chi connectivity index (χ0n) is 10.1. The number of nitrogens with two attached hydrogens (primary N) is 1. The summed E-state index contributed by atoms with van der Waals surface area (Å²) in [5.41, 5.74) is 8.38. The molecule has 0 aliphatic carbocycles. The summed E-state index contributed by atoms with van der Waals surface area (Å²) in [4.78, 5) is 4.07. The highest BCUT2D eigenvalue weighted by Gasteiger charge is 2.19. The summed E-state index contributed by atoms with van der Waals surface area (Å²) in [6, 6.07) is 12.2. The largest absolute Gasteiger partial charge is 0.397 e. The Morgan fingerprint density at radius 2 is 1.82 bits per heavy atom. The highest BCUT2D eigenvalue weighted by Crippen LogP contribution is 2.25. The van der Waals surface area contributed by atoms with E-state index in [2.05, 4.69) is 36.3 Å². The van der Waals surface area contributed by atoms with Gasteiger partial charge in [0.05, 0.1) is 23.1 Å². The van der Waals surface area contributed by atoms with E-state index < -0.39 is 0 Å². The number of pyridine rings is 1. The average molecular weight is 227 g/mol. The number of benzene rings is 1. The van der Waals surface area contributed by atoms with Crippen LogP contribution >= 0.6 is 0 Å². The quantitative estimate of drug-likeness (QED) is 0.847. The molecule has 0 bridgehead atoms. The molecule has 17 heavy (non-hydrogen) atoms. The van der Waals surface area contributed by atoms with Gasteiger partial charge in [-0.1, -0.05) is 30.3 Å². The topological polar surface area (TPSA) is 50.9 Å². The molecule has 0 fully saturated rings. The number of aromatic nitrogens is 1. The first-order valence-electron chi connectivity index (χ1n) is 5.62. The highest BCUT2D eigenvalue weighted by atomic mass is 15.0. The van der Waals surface area contributed by atoms with E-state index >= 15 is 0 Å². The fourth-order valence-electron chi connectivity index (χ4n) is 1.81. The van der Waals surface area contributed by atoms with Crippen molar-refractivity contribution in [2.45, 2.75) is 19.4 Å². The van der Waals surface area contributed by atoms with Gasteiger partial charge in [0.2, 0.25) is 0 Å². The van der Waals surface area contributed by atoms with Gasteiger partial charge in [0.1, 0.15) is 0 Å². The summed E-state index contributed by atoms with van der Waals surface area (Å²) in [6.07, 6.45) is 3.42. The number of rotatable bonds is 3. The van der Waals surface area contributed by atoms with Gasteiger partial charge in [0.25, 0.3) is 0 Å². The SMILES string of the molecule is CC(C)(Nc1cncc(N)c1)c1ccccc1. The molecule has 0 saturated heterocycles. The lowest BCUT2D eigenvalue weighted by atomic mass is 9.94. The molecule has 2 aromatic rings. The third-order valence-electron chi connectivity index (χ3n) is 2.71. The van der Waals surface area contributed by atoms with Crippen LogP contribution in [-0.4, -0.2) is 4.98 Å². The predicted molar refractivity (Wildman–Crippen MR) is 71.7 cm³/mol. The van der Waals surface area contributed by atoms with E-state index in [1.807, 2.05) is 24.3 Å². The summed E-state index contributed by atoms with van der Waals surface area (Å²) >= 11 is 0. The molecule has 2 rings (SSSR count). The molecule has 0 radical (unpaired) electrons. The van der Waals surface area contributed by atoms with Gasteiger partial charge < -0.3 is 11.1 Å². The van der Waals surface area contributed by atoms with Crippen molar-refractivity contribution < 1.29 is 0 Å². The van der Waals surface area contributed by atoms with Crippen molar-refractivity contribution in [1.29, 1.82) is 0 Å². The Morgan fingerprint density at radius 1 is 1.12 bits per heavy atom. The monoisotopic (exact) mass is 227 g/mol. The predicted octanol–water partition coefficient (Wildman–Crippen LogP) is 3.01. The van der Waals surface area contributed by atoms with E-state index in [4.69, 9.17) is 5.73 Å². The van der Waals surface area contributed by atoms with Crippen molar-refractivity contribution in [3.8, 4) is 0 Å². The van der Waals surface area contributed by atoms with E-state index in [9.17, 15) is 0 Å². The number of hydrogen-bond donors (Lipinski definition) is 2. The third-order valence-corrected chi connectivity index (χ3v) is 2.71. The highest BCUT2D eigenvalue weighted by molar-refractivity contribution is 5.53. The fourth-order valence-corrected chi connectivity index (χ4v) is 1.81. The van der Waals surface area contributed by atoms with Crippen LogP contribution in [0.15, 0.2) is 48.8 Å². The minimum Gasteiger partial charge on any atom is -0.397 e. The molecular formula is C14H17N3. The summed E-state index contributed by atoms with van der Waals surface area (Å²) in [5, 5.41) is 3.43. The standard InChI is InChI=1S/C14H17N3/c1-14(2,11-6-4-3-5-7-11)17-13-8-12(15)9-16-10-13/h3-10,17H,15H2,1-2H3. The zero-order valence-corrected chi connectivity index (χ0v) is 10.1. The van der Waals surface area contributed by atoms with Gasteiger partial charge in [-0.15, -0.1) is 0 Å². The lowest BCUT2D eigenvalue weighted by Gasteiger charge is -2.28. The van der Waals surface area contributed by atoms with Crippen molar-refractivity contribution in [2.75, 3.05) is 11.1 Å². The van der Waals surface area contributed by atoms with Crippen LogP contribution < -0.4 is 11.1 Å². The molecule has 0 aliphatic rings. The summed E-state index contributed by atoms with van der Waals surface area (Å²) in [5.74, 6) is 0. The summed E-state index contributed by atoms with van der Waals surface area (Å²) in [7, 11) is 0. The molecule has 0 saturated carbocycles. The first-order chi connectivity index (χ1) is 8.08. The van der Waals surface area contributed by atoms with Gasteiger partial charge in [-0.3, -0.25) is 4.98 Å². The number of anilines is 2. The molecule has 1 aromatic heterocycles. The number of hydrogen-bond acceptors (Lipinski definition) is 3. The summed E-state index contributed by atoms with van der Waals surface area (Å²) < 4.78 is 0. The van der Waals surface area contributed by atoms with Crippen LogP contribution in [-0.2, 0) is 5.54 Å². The second-order valence-electron chi connectivity index (χ2n) is 4.62. The summed E-state index contributed by atoms with van der Waals surface area (Å²) in [6.45, 7) is 4.26. The molecule has 0 aliphatic heterocycles. The molecule has 0 atom stereocenters. The van der Waals surface area contributed by atoms with Crippen LogP contribution in [0.5, 0.6) is 0 Å². The van der Waals surface area contributed by atoms with Gasteiger partial charge in [-0.05, 0) is 25.5 Å². The zero-order chi connectivity index (χ0) is 12.3. The average Bonchev–Trinajstić information content (AvgIpc) is 2.29. The van der Waals surface area contributed by atoms with Crippen LogP contribution in [0.3, 0.4) is 0 Å². The van der Waals surface area contributed by atoms with Gasteiger partial charge in [-0.25, -0.2) is 0 Å². The molecule has 1 heterocycles. The lowest BCUT2D eigenvalue weighted by molar-refractivity contribution is 0.609. The Labute approximate surface area is 102 Å². The van der Waals surface area contributed by atoms with Crippen molar-refractivity contribution in [2.24, 2.45) is 0 Å². The minimum absolute atomic E-state index is 0.156. The van der Waals surface area contributed by atoms with Gasteiger partial charge in [0, 0.05) is 6.20 Å². The smallest absolute Gasteiger partial charge is 0.0569 e. The van der Waals surface area contributed by atoms with Gasteiger partial charge >= 0.3 is 0 Å². The first kappa shape index (κ1) is 11.5. The first-order valence-corrected chi connectivity index (χ1v) is 5.62. The van der Waals surface area contributed by atoms with Crippen molar-refractivity contribution in [1.82, 2.24) is 4.98 Å². The van der Waals surface area contributed by atoms with E-state index in [1.165, 1.54) is 5.56 Å². The fraction of sp³-hybridized carbons (Fsp3) is 0.214. The third kappa shape index (κ3) is 2.75. The number of nitrogens with zero attached hydrogens (tertiary/aromatic N) is 1. The number of nitrogens with one attached hydrogen (secondary N) is 1. The maximum atomic E-state index is 5.71. The Hall–Kier alpha value is -2.03. The molecule has 88 valence electrons. The van der Waals surface area contributed by atoms with Crippen molar-refractivity contribution >= 4 is 11.4 Å². The maximum Gasteiger partial charge on any atom is 0.0569 e. The Morgan fingerprint density at radius 3 is 2.47 bits per heavy atom. The molecular weight excluding hydrogens is 210 g/mol. The normalized spacial score (nSPS) is 11.2. The van der Waals surface area contributed by atoms with E-state index in [1.54, 1.807) is 12.4 Å². The Bertz CT molecular complexity index is 492.